The van der Waals surface area contributed by atoms with Crippen LogP contribution in [0.2, 0.25) is 0 Å². The molecule has 1 saturated heterocycles. The van der Waals surface area contributed by atoms with Gasteiger partial charge in [-0.1, -0.05) is 12.1 Å². The summed E-state index contributed by atoms with van der Waals surface area (Å²) < 4.78 is 0. The Bertz CT molecular complexity index is 593. The van der Waals surface area contributed by atoms with Crippen LogP contribution in [0.3, 0.4) is 0 Å². The average molecular weight is 346 g/mol. The quantitative estimate of drug-likeness (QED) is 0.624. The van der Waals surface area contributed by atoms with Crippen LogP contribution in [-0.4, -0.2) is 73.2 Å². The molecule has 0 atom stereocenters. The van der Waals surface area contributed by atoms with E-state index in [0.29, 0.717) is 12.1 Å². The second-order valence-corrected chi connectivity index (χ2v) is 6.60. The summed E-state index contributed by atoms with van der Waals surface area (Å²) in [5.74, 6) is 0.931. The Balaban J connectivity index is 1.97. The monoisotopic (exact) mass is 346 g/mol. The van der Waals surface area contributed by atoms with Gasteiger partial charge in [0.15, 0.2) is 5.96 Å². The number of hydrogen-bond acceptors (Lipinski definition) is 3. The van der Waals surface area contributed by atoms with Gasteiger partial charge in [-0.2, -0.15) is 0 Å². The number of rotatable bonds is 5. The Kier molecular flexibility index (Phi) is 7.25. The lowest BCUT2D eigenvalue weighted by atomic mass is 10.1. The smallest absolute Gasteiger partial charge is 0.253 e. The number of carbonyl (C=O) groups is 1. The fourth-order valence-electron chi connectivity index (χ4n) is 2.91. The molecule has 0 spiro atoms. The van der Waals surface area contributed by atoms with Crippen molar-refractivity contribution in [3.8, 4) is 0 Å². The van der Waals surface area contributed by atoms with E-state index in [9.17, 15) is 9.90 Å². The first-order valence-electron chi connectivity index (χ1n) is 9.03. The second kappa shape index (κ2) is 9.42. The Labute approximate surface area is 150 Å². The van der Waals surface area contributed by atoms with Crippen LogP contribution in [0.15, 0.2) is 29.3 Å². The van der Waals surface area contributed by atoms with Crippen molar-refractivity contribution in [3.05, 3.63) is 35.4 Å². The molecule has 1 amide bonds. The van der Waals surface area contributed by atoms with E-state index in [1.54, 1.807) is 19.0 Å². The Hall–Kier alpha value is -2.08. The highest BCUT2D eigenvalue weighted by Gasteiger charge is 2.19. The third-order valence-electron chi connectivity index (χ3n) is 4.34. The number of carbonyl (C=O) groups excluding carboxylic acids is 1. The van der Waals surface area contributed by atoms with Crippen LogP contribution >= 0.6 is 0 Å². The number of aliphatic imine (C=N–C) groups is 1. The molecule has 1 aliphatic heterocycles. The van der Waals surface area contributed by atoms with Crippen LogP contribution in [0.5, 0.6) is 0 Å². The number of aliphatic hydroxyl groups excluding tert-OH is 1. The second-order valence-electron chi connectivity index (χ2n) is 6.60. The van der Waals surface area contributed by atoms with E-state index in [2.05, 4.69) is 17.1 Å². The number of guanidine groups is 1. The zero-order valence-electron chi connectivity index (χ0n) is 15.5. The molecule has 0 aromatic heterocycles. The Morgan fingerprint density at radius 3 is 2.72 bits per heavy atom. The van der Waals surface area contributed by atoms with Gasteiger partial charge in [0.2, 0.25) is 0 Å². The highest BCUT2D eigenvalue weighted by molar-refractivity contribution is 5.94. The summed E-state index contributed by atoms with van der Waals surface area (Å²) in [6.07, 6.45) is 2.19. The SMILES string of the molecule is CCNC(=NCCc1cccc(C(=O)N(C)C)c1)N1CCC(O)CC1. The molecule has 2 N–H and O–H groups in total. The number of benzene rings is 1. The minimum Gasteiger partial charge on any atom is -0.393 e. The molecule has 6 nitrogen and oxygen atoms in total. The van der Waals surface area contributed by atoms with Crippen LogP contribution in [-0.2, 0) is 6.42 Å². The highest BCUT2D eigenvalue weighted by Crippen LogP contribution is 2.11. The molecule has 1 aromatic rings. The number of piperidine rings is 1. The van der Waals surface area contributed by atoms with E-state index < -0.39 is 0 Å². The topological polar surface area (TPSA) is 68.2 Å². The summed E-state index contributed by atoms with van der Waals surface area (Å²) in [6, 6.07) is 7.75. The minimum absolute atomic E-state index is 0.0190. The molecule has 1 aromatic carbocycles. The minimum atomic E-state index is -0.184. The van der Waals surface area contributed by atoms with Gasteiger partial charge in [-0.25, -0.2) is 0 Å². The van der Waals surface area contributed by atoms with Gasteiger partial charge in [0.05, 0.1) is 6.10 Å². The molecule has 25 heavy (non-hydrogen) atoms. The molecule has 138 valence electrons. The molecule has 0 unspecified atom stereocenters. The van der Waals surface area contributed by atoms with Crippen LogP contribution < -0.4 is 5.32 Å². The molecular weight excluding hydrogens is 316 g/mol. The lowest BCUT2D eigenvalue weighted by Gasteiger charge is -2.32. The van der Waals surface area contributed by atoms with E-state index in [1.807, 2.05) is 24.3 Å². The van der Waals surface area contributed by atoms with E-state index in [1.165, 1.54) is 0 Å². The number of aliphatic hydroxyl groups is 1. The fraction of sp³-hybridized carbons (Fsp3) is 0.579. The number of amides is 1. The predicted molar refractivity (Wildman–Crippen MR) is 101 cm³/mol. The maximum Gasteiger partial charge on any atom is 0.253 e. The summed E-state index contributed by atoms with van der Waals surface area (Å²) in [7, 11) is 3.52. The molecule has 0 saturated carbocycles. The number of likely N-dealkylation sites (tertiary alicyclic amines) is 1. The number of nitrogens with one attached hydrogen (secondary N) is 1. The van der Waals surface area contributed by atoms with E-state index in [4.69, 9.17) is 4.99 Å². The fourth-order valence-corrected chi connectivity index (χ4v) is 2.91. The number of hydrogen-bond donors (Lipinski definition) is 2. The first-order chi connectivity index (χ1) is 12.0. The van der Waals surface area contributed by atoms with Crippen LogP contribution in [0.25, 0.3) is 0 Å². The van der Waals surface area contributed by atoms with E-state index in [0.717, 1.165) is 50.4 Å². The van der Waals surface area contributed by atoms with Crippen molar-refractivity contribution in [2.75, 3.05) is 40.3 Å². The summed E-state index contributed by atoms with van der Waals surface area (Å²) in [5, 5.41) is 13.0. The van der Waals surface area contributed by atoms with Crippen molar-refractivity contribution < 1.29 is 9.90 Å². The first-order valence-corrected chi connectivity index (χ1v) is 9.03. The zero-order chi connectivity index (χ0) is 18.2. The summed E-state index contributed by atoms with van der Waals surface area (Å²) in [6.45, 7) is 5.22. The van der Waals surface area contributed by atoms with Gasteiger partial charge < -0.3 is 20.2 Å². The maximum atomic E-state index is 12.1. The van der Waals surface area contributed by atoms with Crippen molar-refractivity contribution in [2.24, 2.45) is 4.99 Å². The van der Waals surface area contributed by atoms with E-state index in [-0.39, 0.29) is 12.0 Å². The first kappa shape index (κ1) is 19.2. The van der Waals surface area contributed by atoms with Gasteiger partial charge in [0, 0.05) is 45.8 Å². The van der Waals surface area contributed by atoms with Crippen molar-refractivity contribution in [3.63, 3.8) is 0 Å². The predicted octanol–water partition coefficient (Wildman–Crippen LogP) is 1.35. The van der Waals surface area contributed by atoms with Crippen LogP contribution in [0.1, 0.15) is 35.7 Å². The van der Waals surface area contributed by atoms with Gasteiger partial charge in [-0.15, -0.1) is 0 Å². The van der Waals surface area contributed by atoms with Crippen molar-refractivity contribution in [1.82, 2.24) is 15.1 Å². The molecule has 1 heterocycles. The van der Waals surface area contributed by atoms with Crippen molar-refractivity contribution >= 4 is 11.9 Å². The Morgan fingerprint density at radius 1 is 1.36 bits per heavy atom. The third-order valence-corrected chi connectivity index (χ3v) is 4.34. The normalized spacial score (nSPS) is 16.0. The Morgan fingerprint density at radius 2 is 2.08 bits per heavy atom. The lowest BCUT2D eigenvalue weighted by Crippen LogP contribution is -2.46. The average Bonchev–Trinajstić information content (AvgIpc) is 2.61. The number of nitrogens with zero attached hydrogens (tertiary/aromatic N) is 3. The summed E-state index contributed by atoms with van der Waals surface area (Å²) in [5.41, 5.74) is 1.82. The van der Waals surface area contributed by atoms with Crippen molar-refractivity contribution in [1.29, 1.82) is 0 Å². The molecule has 6 heteroatoms. The van der Waals surface area contributed by atoms with Gasteiger partial charge in [0.1, 0.15) is 0 Å². The molecule has 2 rings (SSSR count). The van der Waals surface area contributed by atoms with Gasteiger partial charge in [-0.05, 0) is 43.9 Å². The largest absolute Gasteiger partial charge is 0.393 e. The van der Waals surface area contributed by atoms with Gasteiger partial charge >= 0.3 is 0 Å². The molecule has 0 aliphatic carbocycles. The molecular formula is C19H30N4O2. The maximum absolute atomic E-state index is 12.1. The van der Waals surface area contributed by atoms with E-state index >= 15 is 0 Å². The lowest BCUT2D eigenvalue weighted by molar-refractivity contribution is 0.0827. The zero-order valence-corrected chi connectivity index (χ0v) is 15.5. The molecule has 1 fully saturated rings. The highest BCUT2D eigenvalue weighted by atomic mass is 16.3. The van der Waals surface area contributed by atoms with Gasteiger partial charge in [-0.3, -0.25) is 9.79 Å². The van der Waals surface area contributed by atoms with Gasteiger partial charge in [0.25, 0.3) is 5.91 Å². The molecule has 0 radical (unpaired) electrons. The standard InChI is InChI=1S/C19H30N4O2/c1-4-20-19(23-12-9-17(24)10-13-23)21-11-8-15-6-5-7-16(14-15)18(25)22(2)3/h5-7,14,17,24H,4,8-13H2,1-3H3,(H,20,21). The third kappa shape index (κ3) is 5.74. The van der Waals surface area contributed by atoms with Crippen molar-refractivity contribution in [2.45, 2.75) is 32.3 Å². The van der Waals surface area contributed by atoms with Crippen LogP contribution in [0, 0.1) is 0 Å². The molecule has 0 bridgehead atoms. The summed E-state index contributed by atoms with van der Waals surface area (Å²) in [4.78, 5) is 20.6. The van der Waals surface area contributed by atoms with Crippen LogP contribution in [0.4, 0.5) is 0 Å². The molecule has 1 aliphatic rings. The summed E-state index contributed by atoms with van der Waals surface area (Å²) >= 11 is 0.